The highest BCUT2D eigenvalue weighted by Gasteiger charge is 2.35. The fraction of sp³-hybridized carbons (Fsp3) is 0.833. The van der Waals surface area contributed by atoms with Gasteiger partial charge in [-0.25, -0.2) is 0 Å². The van der Waals surface area contributed by atoms with Crippen LogP contribution in [0.3, 0.4) is 0 Å². The van der Waals surface area contributed by atoms with Crippen LogP contribution in [0, 0.1) is 0 Å². The molecule has 0 aromatic carbocycles. The average Bonchev–Trinajstić information content (AvgIpc) is 2.18. The Bertz CT molecular complexity index is 241. The predicted molar refractivity (Wildman–Crippen MR) is 69.0 cm³/mol. The molecule has 0 aliphatic heterocycles. The van der Waals surface area contributed by atoms with E-state index >= 15 is 0 Å². The van der Waals surface area contributed by atoms with Crippen molar-refractivity contribution < 1.29 is 13.6 Å². The summed E-state index contributed by atoms with van der Waals surface area (Å²) in [5, 5.41) is 0. The van der Waals surface area contributed by atoms with E-state index in [2.05, 4.69) is 13.5 Å². The summed E-state index contributed by atoms with van der Waals surface area (Å²) in [6, 6.07) is 0. The van der Waals surface area contributed by atoms with Gasteiger partial charge in [0.25, 0.3) is 0 Å². The average molecular weight is 248 g/mol. The lowest BCUT2D eigenvalue weighted by molar-refractivity contribution is 0.213. The van der Waals surface area contributed by atoms with Crippen molar-refractivity contribution in [1.29, 1.82) is 0 Å². The predicted octanol–water partition coefficient (Wildman–Crippen LogP) is 4.39. The zero-order valence-electron chi connectivity index (χ0n) is 11.0. The number of rotatable bonds is 9. The Hall–Kier alpha value is -0.110. The quantitative estimate of drug-likeness (QED) is 0.448. The number of hydrogen-bond acceptors (Lipinski definition) is 3. The van der Waals surface area contributed by atoms with Gasteiger partial charge in [0.1, 0.15) is 0 Å². The summed E-state index contributed by atoms with van der Waals surface area (Å²) in [4.78, 5) is 0. The molecule has 1 atom stereocenters. The Labute approximate surface area is 99.8 Å². The standard InChI is InChI=1S/C12H25O3P/c1-6-9-10-12(11(4)5)16(13,14-7-2)15-8-3/h12H,4,6-10H2,1-3,5H3. The van der Waals surface area contributed by atoms with Crippen molar-refractivity contribution in [2.75, 3.05) is 13.2 Å². The highest BCUT2D eigenvalue weighted by Crippen LogP contribution is 2.56. The number of unbranched alkanes of at least 4 members (excludes halogenated alkanes) is 1. The van der Waals surface area contributed by atoms with E-state index in [1.807, 2.05) is 20.8 Å². The van der Waals surface area contributed by atoms with E-state index in [9.17, 15) is 4.57 Å². The van der Waals surface area contributed by atoms with E-state index in [1.54, 1.807) is 0 Å². The minimum atomic E-state index is -3.01. The normalized spacial score (nSPS) is 13.8. The molecule has 0 aromatic rings. The second-order valence-corrected chi connectivity index (χ2v) is 6.10. The van der Waals surface area contributed by atoms with Crippen molar-refractivity contribution in [1.82, 2.24) is 0 Å². The van der Waals surface area contributed by atoms with Crippen molar-refractivity contribution in [2.45, 2.75) is 52.6 Å². The molecule has 0 heterocycles. The second-order valence-electron chi connectivity index (χ2n) is 3.88. The first-order valence-corrected chi connectivity index (χ1v) is 7.67. The molecule has 0 N–H and O–H groups in total. The fourth-order valence-electron chi connectivity index (χ4n) is 1.65. The summed E-state index contributed by atoms with van der Waals surface area (Å²) >= 11 is 0. The molecule has 0 amide bonds. The van der Waals surface area contributed by atoms with Crippen LogP contribution in [0.4, 0.5) is 0 Å². The summed E-state index contributed by atoms with van der Waals surface area (Å²) in [7, 11) is -3.01. The van der Waals surface area contributed by atoms with E-state index in [1.165, 1.54) is 0 Å². The van der Waals surface area contributed by atoms with Crippen LogP contribution in [0.25, 0.3) is 0 Å². The molecule has 1 unspecified atom stereocenters. The molecule has 3 nitrogen and oxygen atoms in total. The third-order valence-corrected chi connectivity index (χ3v) is 5.10. The smallest absolute Gasteiger partial charge is 0.308 e. The number of hydrogen-bond donors (Lipinski definition) is 0. The van der Waals surface area contributed by atoms with Crippen LogP contribution in [0.1, 0.15) is 47.0 Å². The van der Waals surface area contributed by atoms with Crippen LogP contribution < -0.4 is 0 Å². The van der Waals surface area contributed by atoms with Gasteiger partial charge in [-0.1, -0.05) is 31.9 Å². The Kier molecular flexibility index (Phi) is 8.00. The van der Waals surface area contributed by atoms with E-state index < -0.39 is 7.60 Å². The summed E-state index contributed by atoms with van der Waals surface area (Å²) < 4.78 is 23.3. The molecule has 0 aliphatic rings. The van der Waals surface area contributed by atoms with Gasteiger partial charge in [-0.2, -0.15) is 0 Å². The summed E-state index contributed by atoms with van der Waals surface area (Å²) in [6.07, 6.45) is 2.91. The maximum atomic E-state index is 12.6. The minimum Gasteiger partial charge on any atom is -0.308 e. The van der Waals surface area contributed by atoms with Crippen LogP contribution >= 0.6 is 7.60 Å². The zero-order valence-corrected chi connectivity index (χ0v) is 11.9. The molecule has 0 aromatic heterocycles. The van der Waals surface area contributed by atoms with Crippen LogP contribution in [0.2, 0.25) is 0 Å². The van der Waals surface area contributed by atoms with Gasteiger partial charge >= 0.3 is 7.60 Å². The molecule has 0 aliphatic carbocycles. The maximum Gasteiger partial charge on any atom is 0.337 e. The van der Waals surface area contributed by atoms with E-state index in [0.717, 1.165) is 24.8 Å². The molecule has 0 fully saturated rings. The third-order valence-electron chi connectivity index (χ3n) is 2.40. The fourth-order valence-corrected chi connectivity index (χ4v) is 3.84. The Morgan fingerprint density at radius 2 is 1.75 bits per heavy atom. The van der Waals surface area contributed by atoms with Crippen molar-refractivity contribution in [3.05, 3.63) is 12.2 Å². The van der Waals surface area contributed by atoms with Gasteiger partial charge in [0, 0.05) is 0 Å². The molecule has 0 bridgehead atoms. The molecule has 0 rings (SSSR count). The van der Waals surface area contributed by atoms with Gasteiger partial charge in [-0.05, 0) is 27.2 Å². The highest BCUT2D eigenvalue weighted by atomic mass is 31.2. The van der Waals surface area contributed by atoms with E-state index in [-0.39, 0.29) is 5.66 Å². The molecule has 0 radical (unpaired) electrons. The second kappa shape index (κ2) is 8.05. The molecule has 16 heavy (non-hydrogen) atoms. The van der Waals surface area contributed by atoms with Crippen molar-refractivity contribution in [3.8, 4) is 0 Å². The molecular weight excluding hydrogens is 223 g/mol. The summed E-state index contributed by atoms with van der Waals surface area (Å²) in [6.45, 7) is 12.4. The van der Waals surface area contributed by atoms with Crippen molar-refractivity contribution in [3.63, 3.8) is 0 Å². The van der Waals surface area contributed by atoms with Gasteiger partial charge in [-0.3, -0.25) is 4.57 Å². The van der Waals surface area contributed by atoms with Gasteiger partial charge in [0.05, 0.1) is 18.9 Å². The van der Waals surface area contributed by atoms with Gasteiger partial charge in [0.15, 0.2) is 0 Å². The zero-order chi connectivity index (χ0) is 12.6. The van der Waals surface area contributed by atoms with Gasteiger partial charge in [-0.15, -0.1) is 0 Å². The van der Waals surface area contributed by atoms with Crippen molar-refractivity contribution >= 4 is 7.60 Å². The highest BCUT2D eigenvalue weighted by molar-refractivity contribution is 7.54. The summed E-state index contributed by atoms with van der Waals surface area (Å²) in [5.41, 5.74) is 0.728. The van der Waals surface area contributed by atoms with E-state index in [4.69, 9.17) is 9.05 Å². The summed E-state index contributed by atoms with van der Waals surface area (Å²) in [5.74, 6) is 0. The molecule has 96 valence electrons. The van der Waals surface area contributed by atoms with Gasteiger partial charge < -0.3 is 9.05 Å². The number of allylic oxidation sites excluding steroid dienone is 1. The molecular formula is C12H25O3P. The molecule has 4 heteroatoms. The lowest BCUT2D eigenvalue weighted by Gasteiger charge is -2.26. The Balaban J connectivity index is 4.78. The van der Waals surface area contributed by atoms with Crippen LogP contribution in [-0.4, -0.2) is 18.9 Å². The van der Waals surface area contributed by atoms with Gasteiger partial charge in [0.2, 0.25) is 0 Å². The third kappa shape index (κ3) is 4.82. The molecule has 0 saturated heterocycles. The first-order valence-electron chi connectivity index (χ1n) is 6.06. The Morgan fingerprint density at radius 1 is 1.25 bits per heavy atom. The van der Waals surface area contributed by atoms with Crippen LogP contribution in [0.5, 0.6) is 0 Å². The molecule has 0 spiro atoms. The lowest BCUT2D eigenvalue weighted by Crippen LogP contribution is -2.14. The first kappa shape index (κ1) is 15.9. The van der Waals surface area contributed by atoms with E-state index in [0.29, 0.717) is 13.2 Å². The molecule has 0 saturated carbocycles. The van der Waals surface area contributed by atoms with Crippen LogP contribution in [-0.2, 0) is 13.6 Å². The minimum absolute atomic E-state index is 0.160. The monoisotopic (exact) mass is 248 g/mol. The maximum absolute atomic E-state index is 12.6. The largest absolute Gasteiger partial charge is 0.337 e. The van der Waals surface area contributed by atoms with Crippen LogP contribution in [0.15, 0.2) is 12.2 Å². The first-order chi connectivity index (χ1) is 7.51. The SMILES string of the molecule is C=C(C)C(CCCC)P(=O)(OCC)OCC. The Morgan fingerprint density at radius 3 is 2.06 bits per heavy atom. The van der Waals surface area contributed by atoms with Crippen molar-refractivity contribution in [2.24, 2.45) is 0 Å². The topological polar surface area (TPSA) is 35.5 Å². The lowest BCUT2D eigenvalue weighted by atomic mass is 10.1.